The smallest absolute Gasteiger partial charge is 0.311 e. The van der Waals surface area contributed by atoms with E-state index in [4.69, 9.17) is 0 Å². The first-order valence-electron chi connectivity index (χ1n) is 7.17. The third kappa shape index (κ3) is 3.68. The molecule has 5 heteroatoms. The van der Waals surface area contributed by atoms with E-state index in [2.05, 4.69) is 15.3 Å². The Hall–Kier alpha value is -1.65. The molecule has 1 heterocycles. The topological polar surface area (TPSA) is 75.1 Å². The van der Waals surface area contributed by atoms with Crippen LogP contribution < -0.4 is 5.32 Å². The van der Waals surface area contributed by atoms with Crippen LogP contribution in [0.25, 0.3) is 0 Å². The minimum atomic E-state index is -0.759. The van der Waals surface area contributed by atoms with Gasteiger partial charge < -0.3 is 10.4 Å². The molecule has 0 aliphatic carbocycles. The molecule has 20 heavy (non-hydrogen) atoms. The Labute approximate surface area is 120 Å². The average molecular weight is 279 g/mol. The number of aromatic nitrogens is 2. The van der Waals surface area contributed by atoms with E-state index < -0.39 is 11.4 Å². The Balaban J connectivity index is 2.91. The summed E-state index contributed by atoms with van der Waals surface area (Å²) in [5.74, 6) is 0.969. The van der Waals surface area contributed by atoms with Gasteiger partial charge in [0.05, 0.1) is 5.41 Å². The van der Waals surface area contributed by atoms with Crippen molar-refractivity contribution in [3.63, 3.8) is 0 Å². The van der Waals surface area contributed by atoms with Crippen molar-refractivity contribution in [2.24, 2.45) is 5.41 Å². The fourth-order valence-corrected chi connectivity index (χ4v) is 2.08. The maximum absolute atomic E-state index is 11.5. The number of carboxylic acid groups (broad SMARTS) is 1. The predicted octanol–water partition coefficient (Wildman–Crippen LogP) is 3.21. The maximum Gasteiger partial charge on any atom is 0.311 e. The minimum Gasteiger partial charge on any atom is -0.481 e. The summed E-state index contributed by atoms with van der Waals surface area (Å²) in [4.78, 5) is 20.3. The molecule has 0 unspecified atom stereocenters. The molecule has 1 aromatic rings. The van der Waals surface area contributed by atoms with E-state index in [1.807, 2.05) is 40.7 Å². The highest BCUT2D eigenvalue weighted by atomic mass is 16.4. The zero-order chi connectivity index (χ0) is 15.3. The number of carbonyl (C=O) groups is 1. The number of hydrogen-bond donors (Lipinski definition) is 2. The molecule has 0 spiro atoms. The molecule has 0 amide bonds. The molecule has 5 nitrogen and oxygen atoms in total. The Morgan fingerprint density at radius 2 is 1.95 bits per heavy atom. The molecule has 0 aromatic carbocycles. The molecule has 0 atom stereocenters. The van der Waals surface area contributed by atoms with Crippen molar-refractivity contribution in [3.8, 4) is 0 Å². The predicted molar refractivity (Wildman–Crippen MR) is 80.0 cm³/mol. The van der Waals surface area contributed by atoms with Gasteiger partial charge in [-0.25, -0.2) is 9.97 Å². The van der Waals surface area contributed by atoms with Gasteiger partial charge >= 0.3 is 5.97 Å². The normalized spacial score (nSPS) is 11.7. The van der Waals surface area contributed by atoms with Crippen LogP contribution in [0, 0.1) is 12.3 Å². The molecule has 112 valence electrons. The van der Waals surface area contributed by atoms with Gasteiger partial charge in [0, 0.05) is 24.2 Å². The van der Waals surface area contributed by atoms with Gasteiger partial charge in [-0.1, -0.05) is 27.7 Å². The van der Waals surface area contributed by atoms with E-state index >= 15 is 0 Å². The fourth-order valence-electron chi connectivity index (χ4n) is 2.08. The van der Waals surface area contributed by atoms with Gasteiger partial charge in [-0.3, -0.25) is 4.79 Å². The summed E-state index contributed by atoms with van der Waals surface area (Å²) in [6.45, 7) is 10.2. The number of aliphatic carboxylic acids is 1. The van der Waals surface area contributed by atoms with Gasteiger partial charge in [-0.15, -0.1) is 0 Å². The van der Waals surface area contributed by atoms with E-state index in [-0.39, 0.29) is 5.92 Å². The molecule has 0 fully saturated rings. The zero-order valence-electron chi connectivity index (χ0n) is 13.0. The molecule has 0 aliphatic heterocycles. The van der Waals surface area contributed by atoms with E-state index in [0.29, 0.717) is 25.2 Å². The first kappa shape index (κ1) is 16.4. The zero-order valence-corrected chi connectivity index (χ0v) is 13.0. The summed E-state index contributed by atoms with van der Waals surface area (Å²) in [7, 11) is 0. The molecular formula is C15H25N3O2. The summed E-state index contributed by atoms with van der Waals surface area (Å²) < 4.78 is 0. The van der Waals surface area contributed by atoms with Crippen molar-refractivity contribution in [2.75, 3.05) is 11.9 Å². The first-order chi connectivity index (χ1) is 9.34. The second-order valence-electron chi connectivity index (χ2n) is 5.55. The highest BCUT2D eigenvalue weighted by Gasteiger charge is 2.34. The third-order valence-corrected chi connectivity index (χ3v) is 3.80. The minimum absolute atomic E-state index is 0.247. The number of nitrogens with one attached hydrogen (secondary N) is 1. The van der Waals surface area contributed by atoms with Crippen LogP contribution >= 0.6 is 0 Å². The molecule has 2 N–H and O–H groups in total. The standard InChI is InChI=1S/C15H25N3O2/c1-6-15(7-2,14(19)20)9-16-12-8-11(5)17-13(18-12)10(3)4/h8,10H,6-7,9H2,1-5H3,(H,19,20)(H,16,17,18). The van der Waals surface area contributed by atoms with Crippen molar-refractivity contribution >= 4 is 11.8 Å². The average Bonchev–Trinajstić information content (AvgIpc) is 2.39. The van der Waals surface area contributed by atoms with Crippen LogP contribution in [0.3, 0.4) is 0 Å². The highest BCUT2D eigenvalue weighted by molar-refractivity contribution is 5.75. The van der Waals surface area contributed by atoms with Crippen molar-refractivity contribution in [3.05, 3.63) is 17.6 Å². The van der Waals surface area contributed by atoms with Gasteiger partial charge in [-0.2, -0.15) is 0 Å². The summed E-state index contributed by atoms with van der Waals surface area (Å²) >= 11 is 0. The third-order valence-electron chi connectivity index (χ3n) is 3.80. The molecule has 0 radical (unpaired) electrons. The number of anilines is 1. The van der Waals surface area contributed by atoms with Gasteiger partial charge in [0.2, 0.25) is 0 Å². The lowest BCUT2D eigenvalue weighted by Crippen LogP contribution is -2.37. The first-order valence-corrected chi connectivity index (χ1v) is 7.17. The molecule has 0 aliphatic rings. The van der Waals surface area contributed by atoms with Crippen LogP contribution in [0.4, 0.5) is 5.82 Å². The molecule has 1 rings (SSSR count). The van der Waals surface area contributed by atoms with Gasteiger partial charge in [0.25, 0.3) is 0 Å². The Kier molecular flexibility index (Phi) is 5.48. The Morgan fingerprint density at radius 1 is 1.35 bits per heavy atom. The van der Waals surface area contributed by atoms with Crippen LogP contribution in [-0.4, -0.2) is 27.6 Å². The lowest BCUT2D eigenvalue weighted by molar-refractivity contribution is -0.148. The van der Waals surface area contributed by atoms with Crippen molar-refractivity contribution < 1.29 is 9.90 Å². The summed E-state index contributed by atoms with van der Waals surface area (Å²) in [5.41, 5.74) is 0.150. The number of carboxylic acids is 1. The maximum atomic E-state index is 11.5. The van der Waals surface area contributed by atoms with E-state index in [1.54, 1.807) is 0 Å². The number of rotatable bonds is 7. The Bertz CT molecular complexity index is 468. The monoisotopic (exact) mass is 279 g/mol. The van der Waals surface area contributed by atoms with Gasteiger partial charge in [-0.05, 0) is 19.8 Å². The largest absolute Gasteiger partial charge is 0.481 e. The van der Waals surface area contributed by atoms with Crippen LogP contribution in [0.1, 0.15) is 58.0 Å². The molecule has 0 bridgehead atoms. The second-order valence-corrected chi connectivity index (χ2v) is 5.55. The SMILES string of the molecule is CCC(CC)(CNc1cc(C)nc(C(C)C)n1)C(=O)O. The van der Waals surface area contributed by atoms with Crippen molar-refractivity contribution in [2.45, 2.75) is 53.4 Å². The van der Waals surface area contributed by atoms with Crippen LogP contribution in [0.15, 0.2) is 6.07 Å². The summed E-state index contributed by atoms with van der Waals surface area (Å²) in [6, 6.07) is 1.85. The van der Waals surface area contributed by atoms with Crippen LogP contribution in [0.2, 0.25) is 0 Å². The molecule has 0 saturated heterocycles. The Morgan fingerprint density at radius 3 is 2.40 bits per heavy atom. The van der Waals surface area contributed by atoms with E-state index in [0.717, 1.165) is 11.5 Å². The van der Waals surface area contributed by atoms with Crippen molar-refractivity contribution in [1.29, 1.82) is 0 Å². The van der Waals surface area contributed by atoms with Gasteiger partial charge in [0.15, 0.2) is 0 Å². The molecule has 0 saturated carbocycles. The number of aryl methyl sites for hydroxylation is 1. The van der Waals surface area contributed by atoms with E-state index in [1.165, 1.54) is 0 Å². The quantitative estimate of drug-likeness (QED) is 0.801. The van der Waals surface area contributed by atoms with Gasteiger partial charge in [0.1, 0.15) is 11.6 Å². The number of hydrogen-bond acceptors (Lipinski definition) is 4. The lowest BCUT2D eigenvalue weighted by Gasteiger charge is -2.27. The second kappa shape index (κ2) is 6.68. The van der Waals surface area contributed by atoms with Crippen molar-refractivity contribution in [1.82, 2.24) is 9.97 Å². The molecular weight excluding hydrogens is 254 g/mol. The number of nitrogens with zero attached hydrogens (tertiary/aromatic N) is 2. The van der Waals surface area contributed by atoms with E-state index in [9.17, 15) is 9.90 Å². The summed E-state index contributed by atoms with van der Waals surface area (Å²) in [6.07, 6.45) is 1.18. The van der Waals surface area contributed by atoms with Crippen LogP contribution in [-0.2, 0) is 4.79 Å². The fraction of sp³-hybridized carbons (Fsp3) is 0.667. The lowest BCUT2D eigenvalue weighted by atomic mass is 9.82. The summed E-state index contributed by atoms with van der Waals surface area (Å²) in [5, 5.41) is 12.6. The molecule has 1 aromatic heterocycles. The highest BCUT2D eigenvalue weighted by Crippen LogP contribution is 2.27. The van der Waals surface area contributed by atoms with Crippen LogP contribution in [0.5, 0.6) is 0 Å².